The molecule has 3 rings (SSSR count). The van der Waals surface area contributed by atoms with Gasteiger partial charge in [-0.25, -0.2) is 4.98 Å². The van der Waals surface area contributed by atoms with Crippen molar-refractivity contribution in [3.05, 3.63) is 28.6 Å². The number of hydrogen-bond donors (Lipinski definition) is 2. The van der Waals surface area contributed by atoms with Crippen molar-refractivity contribution in [3.63, 3.8) is 0 Å². The number of hydrogen-bond acceptors (Lipinski definition) is 4. The van der Waals surface area contributed by atoms with E-state index >= 15 is 0 Å². The van der Waals surface area contributed by atoms with Crippen LogP contribution in [0, 0.1) is 0 Å². The normalized spacial score (nSPS) is 15.6. The third-order valence-electron chi connectivity index (χ3n) is 3.12. The molecule has 3 N–H and O–H groups in total. The number of fused-ring (bicyclic) bond motifs is 1. The molecular weight excluding hydrogens is 216 g/mol. The summed E-state index contributed by atoms with van der Waals surface area (Å²) >= 11 is 0. The fourth-order valence-corrected chi connectivity index (χ4v) is 2.22. The lowest BCUT2D eigenvalue weighted by Crippen LogP contribution is -2.23. The van der Waals surface area contributed by atoms with Gasteiger partial charge in [0.1, 0.15) is 0 Å². The second-order valence-electron chi connectivity index (χ2n) is 4.36. The SMILES string of the molecule is Nc1ccc2nc(N3CCCC3)[nH]c(=O)c2c1. The van der Waals surface area contributed by atoms with Crippen molar-refractivity contribution < 1.29 is 0 Å². The van der Waals surface area contributed by atoms with Crippen molar-refractivity contribution in [2.75, 3.05) is 23.7 Å². The lowest BCUT2D eigenvalue weighted by molar-refractivity contribution is 0.900. The summed E-state index contributed by atoms with van der Waals surface area (Å²) in [7, 11) is 0. The molecule has 1 saturated heterocycles. The Kier molecular flexibility index (Phi) is 2.24. The van der Waals surface area contributed by atoms with Gasteiger partial charge in [0.15, 0.2) is 0 Å². The fraction of sp³-hybridized carbons (Fsp3) is 0.333. The quantitative estimate of drug-likeness (QED) is 0.719. The first kappa shape index (κ1) is 10.1. The number of aromatic nitrogens is 2. The number of nitrogen functional groups attached to an aromatic ring is 1. The van der Waals surface area contributed by atoms with Crippen LogP contribution in [-0.2, 0) is 0 Å². The largest absolute Gasteiger partial charge is 0.399 e. The van der Waals surface area contributed by atoms with E-state index < -0.39 is 0 Å². The van der Waals surface area contributed by atoms with Gasteiger partial charge in [-0.15, -0.1) is 0 Å². The summed E-state index contributed by atoms with van der Waals surface area (Å²) in [5.41, 5.74) is 6.82. The van der Waals surface area contributed by atoms with Gasteiger partial charge in [0.2, 0.25) is 5.95 Å². The second-order valence-corrected chi connectivity index (χ2v) is 4.36. The van der Waals surface area contributed by atoms with Gasteiger partial charge in [-0.1, -0.05) is 0 Å². The Balaban J connectivity index is 2.17. The average Bonchev–Trinajstić information content (AvgIpc) is 2.83. The molecule has 5 nitrogen and oxygen atoms in total. The Labute approximate surface area is 98.3 Å². The summed E-state index contributed by atoms with van der Waals surface area (Å²) in [5.74, 6) is 0.671. The fourth-order valence-electron chi connectivity index (χ4n) is 2.22. The molecule has 0 spiro atoms. The first-order valence-corrected chi connectivity index (χ1v) is 5.78. The van der Waals surface area contributed by atoms with Crippen LogP contribution >= 0.6 is 0 Å². The van der Waals surface area contributed by atoms with Gasteiger partial charge >= 0.3 is 0 Å². The van der Waals surface area contributed by atoms with E-state index in [2.05, 4.69) is 14.9 Å². The van der Waals surface area contributed by atoms with Gasteiger partial charge in [-0.05, 0) is 31.0 Å². The smallest absolute Gasteiger partial charge is 0.260 e. The predicted octanol–water partition coefficient (Wildman–Crippen LogP) is 1.11. The summed E-state index contributed by atoms with van der Waals surface area (Å²) in [4.78, 5) is 21.3. The van der Waals surface area contributed by atoms with Crippen LogP contribution in [0.2, 0.25) is 0 Å². The Hall–Kier alpha value is -2.04. The van der Waals surface area contributed by atoms with Gasteiger partial charge in [-0.3, -0.25) is 9.78 Å². The number of anilines is 2. The Morgan fingerprint density at radius 1 is 1.29 bits per heavy atom. The highest BCUT2D eigenvalue weighted by Gasteiger charge is 2.15. The van der Waals surface area contributed by atoms with Gasteiger partial charge < -0.3 is 10.6 Å². The highest BCUT2D eigenvalue weighted by Crippen LogP contribution is 2.18. The highest BCUT2D eigenvalue weighted by atomic mass is 16.1. The van der Waals surface area contributed by atoms with Crippen LogP contribution in [0.25, 0.3) is 10.9 Å². The van der Waals surface area contributed by atoms with Crippen LogP contribution in [0.3, 0.4) is 0 Å². The number of nitrogens with zero attached hydrogens (tertiary/aromatic N) is 2. The Bertz CT molecular complexity index is 613. The summed E-state index contributed by atoms with van der Waals surface area (Å²) in [5, 5.41) is 0.549. The van der Waals surface area contributed by atoms with Gasteiger partial charge in [0.25, 0.3) is 5.56 Å². The van der Waals surface area contributed by atoms with E-state index in [1.807, 2.05) is 0 Å². The van der Waals surface area contributed by atoms with Crippen LogP contribution in [0.4, 0.5) is 11.6 Å². The number of benzene rings is 1. The molecule has 1 fully saturated rings. The third-order valence-corrected chi connectivity index (χ3v) is 3.12. The first-order chi connectivity index (χ1) is 8.24. The molecule has 17 heavy (non-hydrogen) atoms. The molecule has 1 aromatic heterocycles. The van der Waals surface area contributed by atoms with Crippen LogP contribution in [0.5, 0.6) is 0 Å². The first-order valence-electron chi connectivity index (χ1n) is 5.78. The third kappa shape index (κ3) is 1.73. The predicted molar refractivity (Wildman–Crippen MR) is 68.2 cm³/mol. The number of H-pyrrole nitrogens is 1. The molecule has 1 aliphatic rings. The molecule has 1 aromatic carbocycles. The maximum absolute atomic E-state index is 11.9. The molecule has 88 valence electrons. The monoisotopic (exact) mass is 230 g/mol. The molecule has 5 heteroatoms. The van der Waals surface area contributed by atoms with Crippen LogP contribution < -0.4 is 16.2 Å². The number of rotatable bonds is 1. The van der Waals surface area contributed by atoms with E-state index in [0.29, 0.717) is 22.5 Å². The minimum Gasteiger partial charge on any atom is -0.399 e. The lowest BCUT2D eigenvalue weighted by Gasteiger charge is -2.15. The van der Waals surface area contributed by atoms with Crippen molar-refractivity contribution in [2.24, 2.45) is 0 Å². The summed E-state index contributed by atoms with van der Waals surface area (Å²) < 4.78 is 0. The van der Waals surface area contributed by atoms with Crippen LogP contribution in [0.1, 0.15) is 12.8 Å². The van der Waals surface area contributed by atoms with Crippen molar-refractivity contribution in [2.45, 2.75) is 12.8 Å². The molecule has 0 radical (unpaired) electrons. The molecule has 0 saturated carbocycles. The second kappa shape index (κ2) is 3.76. The zero-order chi connectivity index (χ0) is 11.8. The van der Waals surface area contributed by atoms with Crippen LogP contribution in [0.15, 0.2) is 23.0 Å². The number of aromatic amines is 1. The number of nitrogens with two attached hydrogens (primary N) is 1. The molecule has 1 aliphatic heterocycles. The molecule has 0 unspecified atom stereocenters. The van der Waals surface area contributed by atoms with Gasteiger partial charge in [0.05, 0.1) is 10.9 Å². The molecule has 0 atom stereocenters. The zero-order valence-electron chi connectivity index (χ0n) is 9.44. The van der Waals surface area contributed by atoms with Crippen molar-refractivity contribution >= 4 is 22.5 Å². The average molecular weight is 230 g/mol. The molecule has 2 aromatic rings. The number of nitrogens with one attached hydrogen (secondary N) is 1. The van der Waals surface area contributed by atoms with E-state index in [4.69, 9.17) is 5.73 Å². The minimum absolute atomic E-state index is 0.121. The molecule has 0 amide bonds. The Morgan fingerprint density at radius 3 is 2.82 bits per heavy atom. The van der Waals surface area contributed by atoms with E-state index in [9.17, 15) is 4.79 Å². The zero-order valence-corrected chi connectivity index (χ0v) is 9.44. The maximum atomic E-state index is 11.9. The van der Waals surface area contributed by atoms with Gasteiger partial charge in [0, 0.05) is 18.8 Å². The highest BCUT2D eigenvalue weighted by molar-refractivity contribution is 5.81. The van der Waals surface area contributed by atoms with E-state index in [-0.39, 0.29) is 5.56 Å². The standard InChI is InChI=1S/C12H14N4O/c13-8-3-4-10-9(7-8)11(17)15-12(14-10)16-5-1-2-6-16/h3-4,7H,1-2,5-6,13H2,(H,14,15,17). The minimum atomic E-state index is -0.121. The van der Waals surface area contributed by atoms with Crippen LogP contribution in [-0.4, -0.2) is 23.1 Å². The van der Waals surface area contributed by atoms with Gasteiger partial charge in [-0.2, -0.15) is 0 Å². The maximum Gasteiger partial charge on any atom is 0.260 e. The molecule has 0 bridgehead atoms. The summed E-state index contributed by atoms with van der Waals surface area (Å²) in [6, 6.07) is 5.22. The molecule has 0 aliphatic carbocycles. The molecular formula is C12H14N4O. The van der Waals surface area contributed by atoms with E-state index in [0.717, 1.165) is 25.9 Å². The Morgan fingerprint density at radius 2 is 2.06 bits per heavy atom. The lowest BCUT2D eigenvalue weighted by atomic mass is 10.2. The van der Waals surface area contributed by atoms with Crippen molar-refractivity contribution in [1.82, 2.24) is 9.97 Å². The van der Waals surface area contributed by atoms with Crippen molar-refractivity contribution in [1.29, 1.82) is 0 Å². The topological polar surface area (TPSA) is 75.0 Å². The summed E-state index contributed by atoms with van der Waals surface area (Å²) in [6.45, 7) is 1.92. The molecule has 2 heterocycles. The van der Waals surface area contributed by atoms with E-state index in [1.165, 1.54) is 0 Å². The summed E-state index contributed by atoms with van der Waals surface area (Å²) in [6.07, 6.45) is 2.31. The van der Waals surface area contributed by atoms with E-state index in [1.54, 1.807) is 18.2 Å². The van der Waals surface area contributed by atoms with Crippen molar-refractivity contribution in [3.8, 4) is 0 Å².